The highest BCUT2D eigenvalue weighted by atomic mass is 79.9. The van der Waals surface area contributed by atoms with Gasteiger partial charge >= 0.3 is 0 Å². The number of benzene rings is 1. The van der Waals surface area contributed by atoms with Gasteiger partial charge in [-0.25, -0.2) is 4.98 Å². The predicted molar refractivity (Wildman–Crippen MR) is 83.6 cm³/mol. The van der Waals surface area contributed by atoms with Crippen molar-refractivity contribution in [1.82, 2.24) is 4.98 Å². The van der Waals surface area contributed by atoms with Gasteiger partial charge in [-0.3, -0.25) is 0 Å². The minimum atomic E-state index is 0.844. The molecule has 0 amide bonds. The monoisotopic (exact) mass is 368 g/mol. The fraction of sp³-hybridized carbons (Fsp3) is 0.214. The average molecular weight is 370 g/mol. The number of nitrogens with zero attached hydrogens (tertiary/aromatic N) is 1. The third kappa shape index (κ3) is 2.75. The standard InChI is InChI=1S/C14H14Br2N2/c1-8-4-5-17-14(13(8)16)18-11-6-9(2)12(15)10(3)7-11/h4-7H,1-3H3,(H,17,18). The van der Waals surface area contributed by atoms with Gasteiger partial charge in [-0.15, -0.1) is 0 Å². The molecule has 1 aromatic carbocycles. The van der Waals surface area contributed by atoms with Crippen LogP contribution in [-0.4, -0.2) is 4.98 Å². The van der Waals surface area contributed by atoms with Crippen LogP contribution >= 0.6 is 31.9 Å². The van der Waals surface area contributed by atoms with Crippen molar-refractivity contribution in [2.75, 3.05) is 5.32 Å². The summed E-state index contributed by atoms with van der Waals surface area (Å²) in [6.07, 6.45) is 1.81. The highest BCUT2D eigenvalue weighted by Gasteiger charge is 2.06. The van der Waals surface area contributed by atoms with Crippen molar-refractivity contribution in [3.63, 3.8) is 0 Å². The molecule has 0 spiro atoms. The summed E-state index contributed by atoms with van der Waals surface area (Å²) in [4.78, 5) is 4.35. The SMILES string of the molecule is Cc1cc(Nc2nccc(C)c2Br)cc(C)c1Br. The van der Waals surface area contributed by atoms with E-state index in [1.165, 1.54) is 11.1 Å². The first-order valence-electron chi connectivity index (χ1n) is 5.64. The van der Waals surface area contributed by atoms with Gasteiger partial charge in [-0.2, -0.15) is 0 Å². The summed E-state index contributed by atoms with van der Waals surface area (Å²) in [7, 11) is 0. The van der Waals surface area contributed by atoms with Crippen LogP contribution < -0.4 is 5.32 Å². The van der Waals surface area contributed by atoms with Crippen LogP contribution in [0.1, 0.15) is 16.7 Å². The Labute approximate surface area is 124 Å². The molecule has 0 aliphatic carbocycles. The second kappa shape index (κ2) is 5.41. The number of aryl methyl sites for hydroxylation is 3. The fourth-order valence-corrected chi connectivity index (χ4v) is 2.34. The first-order chi connectivity index (χ1) is 8.49. The average Bonchev–Trinajstić information content (AvgIpc) is 2.32. The van der Waals surface area contributed by atoms with Crippen LogP contribution in [0, 0.1) is 20.8 Å². The molecule has 0 unspecified atom stereocenters. The van der Waals surface area contributed by atoms with E-state index in [-0.39, 0.29) is 0 Å². The summed E-state index contributed by atoms with van der Waals surface area (Å²) < 4.78 is 2.16. The number of hydrogen-bond acceptors (Lipinski definition) is 2. The highest BCUT2D eigenvalue weighted by Crippen LogP contribution is 2.30. The molecular weight excluding hydrogens is 356 g/mol. The Bertz CT molecular complexity index is 571. The van der Waals surface area contributed by atoms with E-state index < -0.39 is 0 Å². The zero-order valence-electron chi connectivity index (χ0n) is 10.5. The minimum absolute atomic E-state index is 0.844. The molecule has 2 nitrogen and oxygen atoms in total. The Hall–Kier alpha value is -0.870. The first-order valence-corrected chi connectivity index (χ1v) is 7.22. The minimum Gasteiger partial charge on any atom is -0.339 e. The maximum Gasteiger partial charge on any atom is 0.144 e. The van der Waals surface area contributed by atoms with E-state index in [1.54, 1.807) is 6.20 Å². The van der Waals surface area contributed by atoms with E-state index in [0.717, 1.165) is 26.0 Å². The zero-order valence-corrected chi connectivity index (χ0v) is 13.7. The van der Waals surface area contributed by atoms with Gasteiger partial charge in [0.25, 0.3) is 0 Å². The number of hydrogen-bond donors (Lipinski definition) is 1. The third-order valence-corrected chi connectivity index (χ3v) is 5.03. The van der Waals surface area contributed by atoms with Gasteiger partial charge in [0.05, 0.1) is 4.47 Å². The molecule has 0 aliphatic rings. The maximum absolute atomic E-state index is 4.35. The third-order valence-electron chi connectivity index (χ3n) is 2.78. The summed E-state index contributed by atoms with van der Waals surface area (Å²) in [5, 5.41) is 3.34. The van der Waals surface area contributed by atoms with Crippen LogP contribution in [0.5, 0.6) is 0 Å². The molecule has 0 saturated carbocycles. The van der Waals surface area contributed by atoms with E-state index in [2.05, 4.69) is 75.1 Å². The maximum atomic E-state index is 4.35. The molecule has 1 N–H and O–H groups in total. The Morgan fingerprint density at radius 2 is 1.56 bits per heavy atom. The molecule has 1 heterocycles. The Kier molecular flexibility index (Phi) is 4.07. The Morgan fingerprint density at radius 3 is 2.17 bits per heavy atom. The first kappa shape index (κ1) is 13.6. The second-order valence-corrected chi connectivity index (χ2v) is 5.93. The van der Waals surface area contributed by atoms with E-state index in [9.17, 15) is 0 Å². The largest absolute Gasteiger partial charge is 0.339 e. The van der Waals surface area contributed by atoms with Crippen molar-refractivity contribution < 1.29 is 0 Å². The number of anilines is 2. The predicted octanol–water partition coefficient (Wildman–Crippen LogP) is 5.28. The van der Waals surface area contributed by atoms with Crippen molar-refractivity contribution in [3.8, 4) is 0 Å². The van der Waals surface area contributed by atoms with E-state index >= 15 is 0 Å². The van der Waals surface area contributed by atoms with Crippen LogP contribution in [0.25, 0.3) is 0 Å². The summed E-state index contributed by atoms with van der Waals surface area (Å²) >= 11 is 7.13. The number of rotatable bonds is 2. The van der Waals surface area contributed by atoms with E-state index in [0.29, 0.717) is 0 Å². The molecule has 1 aromatic heterocycles. The summed E-state index contributed by atoms with van der Waals surface area (Å²) in [5.41, 5.74) is 4.63. The number of pyridine rings is 1. The fourth-order valence-electron chi connectivity index (χ4n) is 1.78. The van der Waals surface area contributed by atoms with Crippen molar-refractivity contribution in [2.24, 2.45) is 0 Å². The van der Waals surface area contributed by atoms with Crippen LogP contribution in [0.3, 0.4) is 0 Å². The molecule has 0 atom stereocenters. The molecule has 0 fully saturated rings. The Balaban J connectivity index is 2.37. The van der Waals surface area contributed by atoms with Crippen LogP contribution in [0.4, 0.5) is 11.5 Å². The molecule has 0 bridgehead atoms. The van der Waals surface area contributed by atoms with Gasteiger partial charge in [-0.1, -0.05) is 15.9 Å². The summed E-state index contributed by atoms with van der Waals surface area (Å²) in [5.74, 6) is 0.844. The lowest BCUT2D eigenvalue weighted by Crippen LogP contribution is -1.97. The lowest BCUT2D eigenvalue weighted by molar-refractivity contribution is 1.24. The van der Waals surface area contributed by atoms with Gasteiger partial charge in [-0.05, 0) is 71.6 Å². The number of halogens is 2. The molecule has 94 valence electrons. The number of nitrogens with one attached hydrogen (secondary N) is 1. The summed E-state index contributed by atoms with van der Waals surface area (Å²) in [6.45, 7) is 6.22. The zero-order chi connectivity index (χ0) is 13.3. The highest BCUT2D eigenvalue weighted by molar-refractivity contribution is 9.11. The van der Waals surface area contributed by atoms with E-state index in [4.69, 9.17) is 0 Å². The van der Waals surface area contributed by atoms with Crippen LogP contribution in [-0.2, 0) is 0 Å². The Morgan fingerprint density at radius 1 is 0.944 bits per heavy atom. The molecule has 18 heavy (non-hydrogen) atoms. The van der Waals surface area contributed by atoms with Crippen LogP contribution in [0.15, 0.2) is 33.3 Å². The molecule has 0 saturated heterocycles. The van der Waals surface area contributed by atoms with Gasteiger partial charge in [0, 0.05) is 16.4 Å². The number of aromatic nitrogens is 1. The molecule has 2 rings (SSSR count). The van der Waals surface area contributed by atoms with Gasteiger partial charge in [0.2, 0.25) is 0 Å². The normalized spacial score (nSPS) is 10.5. The smallest absolute Gasteiger partial charge is 0.144 e. The van der Waals surface area contributed by atoms with Gasteiger partial charge in [0.1, 0.15) is 5.82 Å². The van der Waals surface area contributed by atoms with Crippen molar-refractivity contribution in [2.45, 2.75) is 20.8 Å². The summed E-state index contributed by atoms with van der Waals surface area (Å²) in [6, 6.07) is 6.19. The molecule has 0 radical (unpaired) electrons. The topological polar surface area (TPSA) is 24.9 Å². The lowest BCUT2D eigenvalue weighted by Gasteiger charge is -2.12. The van der Waals surface area contributed by atoms with Gasteiger partial charge in [0.15, 0.2) is 0 Å². The van der Waals surface area contributed by atoms with Crippen molar-refractivity contribution in [1.29, 1.82) is 0 Å². The van der Waals surface area contributed by atoms with Crippen LogP contribution in [0.2, 0.25) is 0 Å². The van der Waals surface area contributed by atoms with Gasteiger partial charge < -0.3 is 5.32 Å². The molecule has 0 aliphatic heterocycles. The van der Waals surface area contributed by atoms with Crippen molar-refractivity contribution >= 4 is 43.4 Å². The lowest BCUT2D eigenvalue weighted by atomic mass is 10.1. The van der Waals surface area contributed by atoms with Crippen molar-refractivity contribution in [3.05, 3.63) is 50.0 Å². The second-order valence-electron chi connectivity index (χ2n) is 4.34. The quantitative estimate of drug-likeness (QED) is 0.779. The van der Waals surface area contributed by atoms with E-state index in [1.807, 2.05) is 6.07 Å². The molecule has 2 aromatic rings. The molecule has 4 heteroatoms. The molecular formula is C14H14Br2N2.